The van der Waals surface area contributed by atoms with E-state index in [1.54, 1.807) is 36.5 Å². The molecule has 31 heavy (non-hydrogen) atoms. The largest absolute Gasteiger partial charge is 0.379 e. The number of aromatic nitrogens is 3. The molecule has 1 fully saturated rings. The number of alkyl halides is 1. The highest BCUT2D eigenvalue weighted by molar-refractivity contribution is 6.29. The van der Waals surface area contributed by atoms with Crippen LogP contribution in [0.2, 0.25) is 0 Å². The van der Waals surface area contributed by atoms with Gasteiger partial charge in [0.25, 0.3) is 0 Å². The molecule has 3 heterocycles. The van der Waals surface area contributed by atoms with Crippen molar-refractivity contribution in [2.24, 2.45) is 0 Å². The average molecular weight is 442 g/mol. The van der Waals surface area contributed by atoms with Crippen LogP contribution in [0.5, 0.6) is 0 Å². The van der Waals surface area contributed by atoms with Crippen molar-refractivity contribution < 1.29 is 18.8 Å². The zero-order valence-electron chi connectivity index (χ0n) is 16.5. The molecule has 1 N–H and O–H groups in total. The first kappa shape index (κ1) is 21.0. The van der Waals surface area contributed by atoms with Gasteiger partial charge in [-0.15, -0.1) is 11.6 Å². The maximum absolute atomic E-state index is 13.3. The molecule has 1 aliphatic heterocycles. The van der Waals surface area contributed by atoms with E-state index in [9.17, 15) is 9.59 Å². The van der Waals surface area contributed by atoms with Crippen molar-refractivity contribution in [2.75, 3.05) is 24.0 Å². The van der Waals surface area contributed by atoms with Crippen molar-refractivity contribution in [3.8, 4) is 11.3 Å². The van der Waals surface area contributed by atoms with Crippen LogP contribution in [0.25, 0.3) is 11.3 Å². The molecule has 0 saturated carbocycles. The Kier molecular flexibility index (Phi) is 6.54. The second kappa shape index (κ2) is 9.67. The molecule has 160 valence electrons. The molecule has 2 aromatic heterocycles. The van der Waals surface area contributed by atoms with E-state index in [1.807, 2.05) is 0 Å². The van der Waals surface area contributed by atoms with Crippen LogP contribution >= 0.6 is 11.6 Å². The maximum Gasteiger partial charge on any atom is 0.249 e. The van der Waals surface area contributed by atoms with E-state index < -0.39 is 11.9 Å². The van der Waals surface area contributed by atoms with Gasteiger partial charge in [0, 0.05) is 36.3 Å². The van der Waals surface area contributed by atoms with Crippen LogP contribution in [0.3, 0.4) is 0 Å². The second-order valence-electron chi connectivity index (χ2n) is 6.92. The fourth-order valence-electron chi connectivity index (χ4n) is 3.42. The summed E-state index contributed by atoms with van der Waals surface area (Å²) in [5.41, 5.74) is 1.60. The van der Waals surface area contributed by atoms with E-state index in [2.05, 4.69) is 20.4 Å². The zero-order valence-corrected chi connectivity index (χ0v) is 17.2. The van der Waals surface area contributed by atoms with Crippen molar-refractivity contribution in [3.05, 3.63) is 60.8 Å². The van der Waals surface area contributed by atoms with E-state index in [4.69, 9.17) is 20.9 Å². The first-order valence-electron chi connectivity index (χ1n) is 9.70. The number of hydrogen-bond acceptors (Lipinski definition) is 7. The number of benzene rings is 1. The number of nitrogens with one attached hydrogen (secondary N) is 1. The summed E-state index contributed by atoms with van der Waals surface area (Å²) in [7, 11) is 0. The van der Waals surface area contributed by atoms with Crippen molar-refractivity contribution in [1.82, 2.24) is 20.4 Å². The van der Waals surface area contributed by atoms with E-state index in [0.717, 1.165) is 5.56 Å². The van der Waals surface area contributed by atoms with Crippen molar-refractivity contribution in [2.45, 2.75) is 18.5 Å². The van der Waals surface area contributed by atoms with Crippen LogP contribution in [0.1, 0.15) is 18.2 Å². The fourth-order valence-corrected chi connectivity index (χ4v) is 3.55. The minimum Gasteiger partial charge on any atom is -0.379 e. The molecule has 1 saturated heterocycles. The van der Waals surface area contributed by atoms with E-state index in [-0.39, 0.29) is 17.8 Å². The topological polar surface area (TPSA) is 110 Å². The van der Waals surface area contributed by atoms with Gasteiger partial charge in [0.05, 0.1) is 30.7 Å². The fraction of sp³-hybridized carbons (Fsp3) is 0.286. The lowest BCUT2D eigenvalue weighted by Gasteiger charge is -2.31. The van der Waals surface area contributed by atoms with Gasteiger partial charge >= 0.3 is 0 Å². The smallest absolute Gasteiger partial charge is 0.249 e. The highest BCUT2D eigenvalue weighted by Gasteiger charge is 2.35. The van der Waals surface area contributed by atoms with Crippen LogP contribution in [0, 0.1) is 0 Å². The van der Waals surface area contributed by atoms with Gasteiger partial charge in [0.2, 0.25) is 11.8 Å². The molecule has 2 unspecified atom stereocenters. The van der Waals surface area contributed by atoms with Gasteiger partial charge in [0.1, 0.15) is 5.88 Å². The molecule has 0 spiro atoms. The Bertz CT molecular complexity index is 1010. The number of hydrogen-bond donors (Lipinski definition) is 1. The van der Waals surface area contributed by atoms with Crippen molar-refractivity contribution in [3.63, 3.8) is 0 Å². The number of rotatable bonds is 7. The molecule has 0 bridgehead atoms. The third-order valence-corrected chi connectivity index (χ3v) is 5.13. The van der Waals surface area contributed by atoms with Gasteiger partial charge in [-0.25, -0.2) is 0 Å². The lowest BCUT2D eigenvalue weighted by molar-refractivity contribution is -0.126. The number of nitrogens with zero attached hydrogens (tertiary/aromatic N) is 4. The molecule has 2 amide bonds. The Morgan fingerprint density at radius 3 is 2.65 bits per heavy atom. The number of carbonyl (C=O) groups is 2. The van der Waals surface area contributed by atoms with E-state index >= 15 is 0 Å². The summed E-state index contributed by atoms with van der Waals surface area (Å²) in [5, 5.41) is 6.65. The average Bonchev–Trinajstić information content (AvgIpc) is 3.52. The van der Waals surface area contributed by atoms with Gasteiger partial charge in [-0.2, -0.15) is 0 Å². The van der Waals surface area contributed by atoms with Crippen molar-refractivity contribution >= 4 is 29.1 Å². The SMILES string of the molecule is O=C(NC1CCOC1)C(c1cnccn1)N(C(=O)CCl)c1ccc(-c2ccno2)cc1. The third kappa shape index (κ3) is 4.73. The van der Waals surface area contributed by atoms with Crippen LogP contribution in [0.15, 0.2) is 59.6 Å². The Balaban J connectivity index is 1.70. The van der Waals surface area contributed by atoms with Gasteiger partial charge in [-0.05, 0) is 30.7 Å². The molecular formula is C21H20ClN5O4. The molecular weight excluding hydrogens is 422 g/mol. The van der Waals surface area contributed by atoms with Crippen LogP contribution in [0.4, 0.5) is 5.69 Å². The van der Waals surface area contributed by atoms with Gasteiger partial charge in [-0.3, -0.25) is 24.5 Å². The Hall–Kier alpha value is -3.30. The molecule has 10 heteroatoms. The summed E-state index contributed by atoms with van der Waals surface area (Å²) in [4.78, 5) is 35.9. The minimum atomic E-state index is -1.04. The molecule has 1 aromatic carbocycles. The molecule has 4 rings (SSSR count). The van der Waals surface area contributed by atoms with Crippen LogP contribution < -0.4 is 10.2 Å². The zero-order chi connectivity index (χ0) is 21.6. The molecule has 3 aromatic rings. The predicted molar refractivity (Wildman–Crippen MR) is 112 cm³/mol. The summed E-state index contributed by atoms with van der Waals surface area (Å²) in [5.74, 6) is -0.539. The summed E-state index contributed by atoms with van der Waals surface area (Å²) in [6.45, 7) is 1.00. The third-order valence-electron chi connectivity index (χ3n) is 4.90. The lowest BCUT2D eigenvalue weighted by atomic mass is 10.1. The van der Waals surface area contributed by atoms with Crippen molar-refractivity contribution in [1.29, 1.82) is 0 Å². The van der Waals surface area contributed by atoms with Crippen LogP contribution in [-0.4, -0.2) is 52.1 Å². The van der Waals surface area contributed by atoms with Gasteiger partial charge < -0.3 is 14.6 Å². The lowest BCUT2D eigenvalue weighted by Crippen LogP contribution is -2.47. The monoisotopic (exact) mass is 441 g/mol. The first-order chi connectivity index (χ1) is 15.2. The predicted octanol–water partition coefficient (Wildman–Crippen LogP) is 2.35. The summed E-state index contributed by atoms with van der Waals surface area (Å²) in [6.07, 6.45) is 6.70. The number of carbonyl (C=O) groups excluding carboxylic acids is 2. The molecule has 1 aliphatic rings. The quantitative estimate of drug-likeness (QED) is 0.560. The Morgan fingerprint density at radius 2 is 2.03 bits per heavy atom. The number of ether oxygens (including phenoxy) is 1. The number of amides is 2. The Labute approximate surface area is 183 Å². The molecule has 2 atom stereocenters. The molecule has 0 aliphatic carbocycles. The van der Waals surface area contributed by atoms with E-state index in [0.29, 0.717) is 36.8 Å². The normalized spacial score (nSPS) is 16.6. The molecule has 9 nitrogen and oxygen atoms in total. The number of halogens is 1. The Morgan fingerprint density at radius 1 is 1.19 bits per heavy atom. The highest BCUT2D eigenvalue weighted by Crippen LogP contribution is 2.30. The summed E-state index contributed by atoms with van der Waals surface area (Å²) >= 11 is 5.91. The maximum atomic E-state index is 13.3. The van der Waals surface area contributed by atoms with Crippen LogP contribution in [-0.2, 0) is 14.3 Å². The second-order valence-corrected chi connectivity index (χ2v) is 7.19. The number of anilines is 1. The van der Waals surface area contributed by atoms with Gasteiger partial charge in [0.15, 0.2) is 11.8 Å². The first-order valence-corrected chi connectivity index (χ1v) is 10.2. The summed E-state index contributed by atoms with van der Waals surface area (Å²) < 4.78 is 10.5. The summed E-state index contributed by atoms with van der Waals surface area (Å²) in [6, 6.07) is 7.55. The minimum absolute atomic E-state index is 0.131. The van der Waals surface area contributed by atoms with Gasteiger partial charge in [-0.1, -0.05) is 5.16 Å². The highest BCUT2D eigenvalue weighted by atomic mass is 35.5. The van der Waals surface area contributed by atoms with E-state index in [1.165, 1.54) is 23.5 Å². The molecule has 0 radical (unpaired) electrons. The standard InChI is InChI=1S/C21H20ClN5O4/c22-11-19(28)27(16-3-1-14(2-4-16)18-5-7-25-31-18)20(17-12-23-8-9-24-17)21(29)26-15-6-10-30-13-15/h1-5,7-9,12,15,20H,6,10-11,13H2,(H,26,29).